The summed E-state index contributed by atoms with van der Waals surface area (Å²) in [6, 6.07) is 8.46. The Labute approximate surface area is 211 Å². The zero-order chi connectivity index (χ0) is 26.3. The molecule has 1 aromatic heterocycles. The number of esters is 1. The zero-order valence-electron chi connectivity index (χ0n) is 20.8. The molecule has 0 radical (unpaired) electrons. The van der Waals surface area contributed by atoms with Crippen molar-refractivity contribution in [1.82, 2.24) is 4.90 Å². The topological polar surface area (TPSA) is 86.0 Å². The van der Waals surface area contributed by atoms with Crippen molar-refractivity contribution in [3.8, 4) is 16.9 Å². The highest BCUT2D eigenvalue weighted by Crippen LogP contribution is 2.37. The fraction of sp³-hybridized carbons (Fsp3) is 0.296. The van der Waals surface area contributed by atoms with E-state index in [0.717, 1.165) is 19.2 Å². The Kier molecular flexibility index (Phi) is 9.06. The molecule has 3 rings (SSSR count). The van der Waals surface area contributed by atoms with Crippen molar-refractivity contribution >= 4 is 21.9 Å². The van der Waals surface area contributed by atoms with Gasteiger partial charge in [-0.25, -0.2) is 17.6 Å². The molecular formula is C27H30FNO6S. The van der Waals surface area contributed by atoms with Crippen LogP contribution in [0.2, 0.25) is 0 Å². The van der Waals surface area contributed by atoms with Gasteiger partial charge in [-0.3, -0.25) is 0 Å². The maximum absolute atomic E-state index is 14.0. The Hall–Kier alpha value is -3.43. The lowest BCUT2D eigenvalue weighted by molar-refractivity contribution is 0.0596. The van der Waals surface area contributed by atoms with Crippen LogP contribution in [0.15, 0.2) is 64.3 Å². The van der Waals surface area contributed by atoms with Gasteiger partial charge < -0.3 is 18.8 Å². The molecule has 7 nitrogen and oxygen atoms in total. The number of nitrogens with zero attached hydrogens (tertiary/aromatic N) is 1. The van der Waals surface area contributed by atoms with Gasteiger partial charge in [-0.15, -0.1) is 0 Å². The van der Waals surface area contributed by atoms with Crippen molar-refractivity contribution in [3.05, 3.63) is 77.5 Å². The number of methoxy groups -OCH3 is 2. The number of benzene rings is 2. The molecule has 0 N–H and O–H groups in total. The number of ether oxygens (including phenoxy) is 2. The molecule has 192 valence electrons. The molecule has 0 spiro atoms. The third kappa shape index (κ3) is 6.03. The summed E-state index contributed by atoms with van der Waals surface area (Å²) in [4.78, 5) is 14.9. The number of carbonyl (C=O) groups excluding carboxylic acids is 1. The second-order valence-electron chi connectivity index (χ2n) is 8.01. The molecule has 0 unspecified atom stereocenters. The Morgan fingerprint density at radius 2 is 1.86 bits per heavy atom. The summed E-state index contributed by atoms with van der Waals surface area (Å²) in [5.74, 6) is -1.62. The van der Waals surface area contributed by atoms with Crippen LogP contribution in [0.25, 0.3) is 17.2 Å². The van der Waals surface area contributed by atoms with Gasteiger partial charge in [0.15, 0.2) is 9.84 Å². The second kappa shape index (κ2) is 12.0. The predicted octanol–water partition coefficient (Wildman–Crippen LogP) is 5.21. The summed E-state index contributed by atoms with van der Waals surface area (Å²) in [5, 5.41) is 0. The number of hydrogen-bond acceptors (Lipinski definition) is 7. The van der Waals surface area contributed by atoms with Crippen molar-refractivity contribution in [2.45, 2.75) is 24.5 Å². The third-order valence-electron chi connectivity index (χ3n) is 5.88. The zero-order valence-corrected chi connectivity index (χ0v) is 21.6. The molecule has 3 aromatic rings. The number of halogens is 1. The van der Waals surface area contributed by atoms with Crippen LogP contribution >= 0.6 is 0 Å². The van der Waals surface area contributed by atoms with E-state index in [1.54, 1.807) is 24.3 Å². The van der Waals surface area contributed by atoms with E-state index in [9.17, 15) is 17.6 Å². The number of rotatable bonds is 11. The number of likely N-dealkylation sites (N-methyl/N-ethyl adjacent to an activating group) is 1. The lowest BCUT2D eigenvalue weighted by Gasteiger charge is -2.17. The van der Waals surface area contributed by atoms with E-state index in [1.165, 1.54) is 38.9 Å². The average molecular weight is 516 g/mol. The largest absolute Gasteiger partial charge is 0.495 e. The van der Waals surface area contributed by atoms with Gasteiger partial charge in [0.25, 0.3) is 0 Å². The molecular weight excluding hydrogens is 485 g/mol. The van der Waals surface area contributed by atoms with Crippen LogP contribution in [0.4, 0.5) is 4.39 Å². The molecule has 0 aliphatic heterocycles. The molecule has 0 aliphatic carbocycles. The molecule has 0 saturated carbocycles. The van der Waals surface area contributed by atoms with Gasteiger partial charge in [-0.05, 0) is 48.5 Å². The van der Waals surface area contributed by atoms with Gasteiger partial charge >= 0.3 is 5.97 Å². The molecule has 2 aromatic carbocycles. The lowest BCUT2D eigenvalue weighted by Crippen LogP contribution is -2.22. The quantitative estimate of drug-likeness (QED) is 0.256. The van der Waals surface area contributed by atoms with Crippen molar-refractivity contribution in [2.24, 2.45) is 0 Å². The molecule has 9 heteroatoms. The maximum Gasteiger partial charge on any atom is 0.341 e. The molecule has 0 aliphatic rings. The number of sulfone groups is 1. The summed E-state index contributed by atoms with van der Waals surface area (Å²) in [7, 11) is -1.39. The van der Waals surface area contributed by atoms with Crippen LogP contribution in [0.1, 0.15) is 35.3 Å². The lowest BCUT2D eigenvalue weighted by atomic mass is 9.99. The first kappa shape index (κ1) is 27.2. The van der Waals surface area contributed by atoms with Crippen molar-refractivity contribution in [2.75, 3.05) is 33.9 Å². The van der Waals surface area contributed by atoms with Crippen LogP contribution in [-0.4, -0.2) is 53.1 Å². The molecule has 0 bridgehead atoms. The van der Waals surface area contributed by atoms with Crippen LogP contribution in [0.3, 0.4) is 0 Å². The maximum atomic E-state index is 14.0. The monoisotopic (exact) mass is 515 g/mol. The van der Waals surface area contributed by atoms with Gasteiger partial charge in [0.1, 0.15) is 17.1 Å². The smallest absolute Gasteiger partial charge is 0.341 e. The minimum Gasteiger partial charge on any atom is -0.495 e. The van der Waals surface area contributed by atoms with Crippen LogP contribution in [-0.2, 0) is 20.3 Å². The number of furan rings is 1. The fourth-order valence-corrected chi connectivity index (χ4v) is 5.52. The molecule has 1 heterocycles. The average Bonchev–Trinajstić information content (AvgIpc) is 3.40. The van der Waals surface area contributed by atoms with Crippen LogP contribution in [0, 0.1) is 5.82 Å². The molecule has 0 saturated heterocycles. The third-order valence-corrected chi connectivity index (χ3v) is 7.61. The summed E-state index contributed by atoms with van der Waals surface area (Å²) in [6.07, 6.45) is 6.39. The van der Waals surface area contributed by atoms with Gasteiger partial charge in [0.05, 0.1) is 37.4 Å². The van der Waals surface area contributed by atoms with E-state index >= 15 is 0 Å². The van der Waals surface area contributed by atoms with E-state index in [2.05, 4.69) is 4.90 Å². The van der Waals surface area contributed by atoms with Crippen molar-refractivity contribution in [1.29, 1.82) is 0 Å². The van der Waals surface area contributed by atoms with Crippen molar-refractivity contribution < 1.29 is 31.5 Å². The van der Waals surface area contributed by atoms with Crippen LogP contribution in [0.5, 0.6) is 5.75 Å². The van der Waals surface area contributed by atoms with Crippen LogP contribution < -0.4 is 4.74 Å². The summed E-state index contributed by atoms with van der Waals surface area (Å²) < 4.78 is 56.7. The van der Waals surface area contributed by atoms with E-state index in [4.69, 9.17) is 13.9 Å². The summed E-state index contributed by atoms with van der Waals surface area (Å²) in [5.41, 5.74) is 1.65. The predicted molar refractivity (Wildman–Crippen MR) is 136 cm³/mol. The first-order valence-electron chi connectivity index (χ1n) is 11.5. The van der Waals surface area contributed by atoms with E-state index in [0.29, 0.717) is 17.7 Å². The van der Waals surface area contributed by atoms with Gasteiger partial charge in [0.2, 0.25) is 0 Å². The Bertz CT molecular complexity index is 1330. The highest BCUT2D eigenvalue weighted by molar-refractivity contribution is 7.90. The number of carbonyl (C=O) groups is 1. The second-order valence-corrected chi connectivity index (χ2v) is 9.97. The van der Waals surface area contributed by atoms with Gasteiger partial charge in [-0.1, -0.05) is 38.1 Å². The minimum atomic E-state index is -3.99. The highest BCUT2D eigenvalue weighted by atomic mass is 32.2. The van der Waals surface area contributed by atoms with E-state index in [-0.39, 0.29) is 27.3 Å². The first-order chi connectivity index (χ1) is 17.2. The van der Waals surface area contributed by atoms with E-state index in [1.807, 2.05) is 19.9 Å². The Balaban J connectivity index is 2.06. The van der Waals surface area contributed by atoms with Gasteiger partial charge in [-0.2, -0.15) is 0 Å². The van der Waals surface area contributed by atoms with Gasteiger partial charge in [0, 0.05) is 17.7 Å². The minimum absolute atomic E-state index is 0.00279. The normalized spacial score (nSPS) is 11.8. The van der Waals surface area contributed by atoms with Crippen molar-refractivity contribution in [3.63, 3.8) is 0 Å². The summed E-state index contributed by atoms with van der Waals surface area (Å²) >= 11 is 0. The Morgan fingerprint density at radius 3 is 2.47 bits per heavy atom. The number of hydrogen-bond donors (Lipinski definition) is 0. The highest BCUT2D eigenvalue weighted by Gasteiger charge is 2.27. The van der Waals surface area contributed by atoms with E-state index < -0.39 is 27.4 Å². The standard InChI is InChI=1S/C27H30FNO6S/c1-5-29(6-2)14-7-8-19-16-22(28)10-12-24(19)36(31,32)18-21-9-11-23(20-13-15-35-17-20)26(33-3)25(21)27(30)34-4/h7-13,15-17H,5-6,14,18H2,1-4H3/b8-7+. The SMILES string of the molecule is CCN(CC)C/C=C/c1cc(F)ccc1S(=O)(=O)Cc1ccc(-c2ccoc2)c(OC)c1C(=O)OC. The molecule has 0 amide bonds. The molecule has 36 heavy (non-hydrogen) atoms. The molecule has 0 fully saturated rings. The molecule has 0 atom stereocenters. The Morgan fingerprint density at radius 1 is 1.11 bits per heavy atom. The summed E-state index contributed by atoms with van der Waals surface area (Å²) in [6.45, 7) is 6.33. The fourth-order valence-electron chi connectivity index (χ4n) is 3.95. The first-order valence-corrected chi connectivity index (χ1v) is 13.1.